The predicted octanol–water partition coefficient (Wildman–Crippen LogP) is 4.57. The van der Waals surface area contributed by atoms with Crippen molar-refractivity contribution < 1.29 is 18.9 Å². The molecule has 0 aromatic carbocycles. The number of hydrogen-bond donors (Lipinski definition) is 2. The standard InChI is InChI=1S/C11H20Cl5O4P/c1-10(2,7-14)11(3-8(15)5-12,4-9(16)6-13)20-21(17,18)19/h8-9H,3-7H2,1-2H3,(H2,17,18,19). The first kappa shape index (κ1) is 22.6. The summed E-state index contributed by atoms with van der Waals surface area (Å²) in [5.41, 5.74) is -2.16. The highest BCUT2D eigenvalue weighted by molar-refractivity contribution is 7.46. The Hall–Kier alpha value is 1.56. The third-order valence-corrected chi connectivity index (χ3v) is 6.23. The Morgan fingerprint density at radius 1 is 1.05 bits per heavy atom. The van der Waals surface area contributed by atoms with Crippen LogP contribution in [0.3, 0.4) is 0 Å². The molecule has 0 aliphatic heterocycles. The minimum atomic E-state index is -4.79. The molecule has 10 heteroatoms. The van der Waals surface area contributed by atoms with Crippen LogP contribution in [0.2, 0.25) is 0 Å². The first-order valence-electron chi connectivity index (χ1n) is 6.15. The molecule has 0 aromatic heterocycles. The molecular formula is C11H20Cl5O4P. The maximum absolute atomic E-state index is 11.4. The Morgan fingerprint density at radius 2 is 1.43 bits per heavy atom. The number of halogens is 5. The summed E-state index contributed by atoms with van der Waals surface area (Å²) in [5.74, 6) is 0.283. The molecule has 0 heterocycles. The van der Waals surface area contributed by atoms with Crippen LogP contribution in [0.25, 0.3) is 0 Å². The van der Waals surface area contributed by atoms with Gasteiger partial charge in [0.25, 0.3) is 0 Å². The van der Waals surface area contributed by atoms with Gasteiger partial charge in [-0.3, -0.25) is 4.52 Å². The zero-order valence-electron chi connectivity index (χ0n) is 11.7. The fourth-order valence-corrected chi connectivity index (χ4v) is 3.82. The van der Waals surface area contributed by atoms with Crippen LogP contribution < -0.4 is 0 Å². The third-order valence-electron chi connectivity index (χ3n) is 3.30. The summed E-state index contributed by atoms with van der Waals surface area (Å²) in [7, 11) is -4.79. The fraction of sp³-hybridized carbons (Fsp3) is 1.00. The Morgan fingerprint density at radius 3 is 1.67 bits per heavy atom. The predicted molar refractivity (Wildman–Crippen MR) is 90.3 cm³/mol. The number of phosphoric ester groups is 1. The molecule has 2 N–H and O–H groups in total. The molecule has 2 atom stereocenters. The summed E-state index contributed by atoms with van der Waals surface area (Å²) in [6.45, 7) is 3.46. The zero-order chi connectivity index (χ0) is 16.9. The van der Waals surface area contributed by atoms with Gasteiger partial charge in [0.15, 0.2) is 0 Å². The summed E-state index contributed by atoms with van der Waals surface area (Å²) in [5, 5.41) is -1.11. The van der Waals surface area contributed by atoms with Crippen LogP contribution in [0.4, 0.5) is 0 Å². The van der Waals surface area contributed by atoms with E-state index in [-0.39, 0.29) is 30.5 Å². The molecule has 0 aliphatic carbocycles. The number of rotatable bonds is 10. The second-order valence-corrected chi connectivity index (χ2v) is 8.79. The maximum Gasteiger partial charge on any atom is 0.470 e. The van der Waals surface area contributed by atoms with E-state index in [1.807, 2.05) is 0 Å². The van der Waals surface area contributed by atoms with Crippen molar-refractivity contribution in [1.82, 2.24) is 0 Å². The number of phosphoric acid groups is 1. The molecular weight excluding hydrogens is 404 g/mol. The van der Waals surface area contributed by atoms with Crippen LogP contribution in [0.5, 0.6) is 0 Å². The average Bonchev–Trinajstić information content (AvgIpc) is 2.35. The molecule has 128 valence electrons. The highest BCUT2D eigenvalue weighted by Gasteiger charge is 2.51. The highest BCUT2D eigenvalue weighted by atomic mass is 35.5. The van der Waals surface area contributed by atoms with E-state index in [1.54, 1.807) is 13.8 Å². The summed E-state index contributed by atoms with van der Waals surface area (Å²) in [6, 6.07) is 0. The fourth-order valence-electron chi connectivity index (χ4n) is 2.01. The van der Waals surface area contributed by atoms with Gasteiger partial charge >= 0.3 is 7.82 Å². The van der Waals surface area contributed by atoms with Gasteiger partial charge in [0.1, 0.15) is 0 Å². The van der Waals surface area contributed by atoms with Crippen LogP contribution in [0.15, 0.2) is 0 Å². The minimum absolute atomic E-state index is 0.0863. The molecule has 0 fully saturated rings. The Kier molecular flexibility index (Phi) is 9.83. The van der Waals surface area contributed by atoms with E-state index >= 15 is 0 Å². The Labute approximate surface area is 150 Å². The van der Waals surface area contributed by atoms with Gasteiger partial charge in [-0.2, -0.15) is 0 Å². The minimum Gasteiger partial charge on any atom is -0.303 e. The topological polar surface area (TPSA) is 66.8 Å². The summed E-state index contributed by atoms with van der Waals surface area (Å²) >= 11 is 29.6. The quantitative estimate of drug-likeness (QED) is 0.398. The van der Waals surface area contributed by atoms with Crippen molar-refractivity contribution in [3.05, 3.63) is 0 Å². The molecule has 21 heavy (non-hydrogen) atoms. The van der Waals surface area contributed by atoms with Gasteiger partial charge in [-0.15, -0.1) is 58.0 Å². The Balaban J connectivity index is 5.75. The van der Waals surface area contributed by atoms with Crippen molar-refractivity contribution in [1.29, 1.82) is 0 Å². The van der Waals surface area contributed by atoms with Crippen LogP contribution in [-0.2, 0) is 9.09 Å². The third kappa shape index (κ3) is 7.32. The molecule has 0 aliphatic rings. The SMILES string of the molecule is CC(C)(CCl)C(CC(Cl)CCl)(CC(Cl)CCl)OP(=O)(O)O. The lowest BCUT2D eigenvalue weighted by molar-refractivity contribution is -0.0626. The van der Waals surface area contributed by atoms with E-state index in [2.05, 4.69) is 0 Å². The molecule has 0 rings (SSSR count). The number of alkyl halides is 5. The van der Waals surface area contributed by atoms with Gasteiger partial charge in [0, 0.05) is 33.8 Å². The smallest absolute Gasteiger partial charge is 0.303 e. The van der Waals surface area contributed by atoms with Crippen LogP contribution >= 0.6 is 65.8 Å². The lowest BCUT2D eigenvalue weighted by atomic mass is 9.71. The summed E-state index contributed by atoms with van der Waals surface area (Å²) in [6.07, 6.45) is 0.173. The first-order chi connectivity index (χ1) is 9.43. The monoisotopic (exact) mass is 422 g/mol. The molecule has 0 radical (unpaired) electrons. The highest BCUT2D eigenvalue weighted by Crippen LogP contribution is 2.53. The molecule has 0 bridgehead atoms. The van der Waals surface area contributed by atoms with Crippen LogP contribution in [-0.4, -0.2) is 43.8 Å². The van der Waals surface area contributed by atoms with E-state index in [4.69, 9.17) is 62.5 Å². The normalized spacial score (nSPS) is 19.1. The molecule has 4 nitrogen and oxygen atoms in total. The van der Waals surface area contributed by atoms with Gasteiger partial charge in [0.2, 0.25) is 0 Å². The van der Waals surface area contributed by atoms with Crippen molar-refractivity contribution in [2.45, 2.75) is 43.0 Å². The maximum atomic E-state index is 11.4. The van der Waals surface area contributed by atoms with Crippen molar-refractivity contribution in [2.75, 3.05) is 17.6 Å². The molecule has 0 saturated carbocycles. The van der Waals surface area contributed by atoms with Crippen LogP contribution in [0.1, 0.15) is 26.7 Å². The number of hydrogen-bond acceptors (Lipinski definition) is 2. The van der Waals surface area contributed by atoms with E-state index in [1.165, 1.54) is 0 Å². The second-order valence-electron chi connectivity index (χ2n) is 5.51. The van der Waals surface area contributed by atoms with E-state index < -0.39 is 29.6 Å². The van der Waals surface area contributed by atoms with Crippen LogP contribution in [0, 0.1) is 5.41 Å². The van der Waals surface area contributed by atoms with E-state index in [0.717, 1.165) is 0 Å². The van der Waals surface area contributed by atoms with Gasteiger partial charge in [-0.1, -0.05) is 13.8 Å². The van der Waals surface area contributed by atoms with Crippen molar-refractivity contribution >= 4 is 65.8 Å². The van der Waals surface area contributed by atoms with Crippen molar-refractivity contribution in [3.63, 3.8) is 0 Å². The molecule has 0 amide bonds. The molecule has 2 unspecified atom stereocenters. The van der Waals surface area contributed by atoms with Gasteiger partial charge < -0.3 is 9.79 Å². The average molecular weight is 425 g/mol. The largest absolute Gasteiger partial charge is 0.470 e. The lowest BCUT2D eigenvalue weighted by Crippen LogP contribution is -2.51. The molecule has 0 aromatic rings. The zero-order valence-corrected chi connectivity index (χ0v) is 16.4. The molecule has 0 saturated heterocycles. The summed E-state index contributed by atoms with van der Waals surface area (Å²) < 4.78 is 16.5. The van der Waals surface area contributed by atoms with E-state index in [0.29, 0.717) is 0 Å². The van der Waals surface area contributed by atoms with Crippen molar-refractivity contribution in [2.24, 2.45) is 5.41 Å². The first-order valence-corrected chi connectivity index (χ1v) is 10.2. The lowest BCUT2D eigenvalue weighted by Gasteiger charge is -2.47. The Bertz CT molecular complexity index is 351. The van der Waals surface area contributed by atoms with Gasteiger partial charge in [-0.05, 0) is 12.8 Å². The molecule has 0 spiro atoms. The van der Waals surface area contributed by atoms with Gasteiger partial charge in [0.05, 0.1) is 5.60 Å². The van der Waals surface area contributed by atoms with Crippen molar-refractivity contribution in [3.8, 4) is 0 Å². The summed E-state index contributed by atoms with van der Waals surface area (Å²) in [4.78, 5) is 18.6. The van der Waals surface area contributed by atoms with Gasteiger partial charge in [-0.25, -0.2) is 4.57 Å². The van der Waals surface area contributed by atoms with E-state index in [9.17, 15) is 14.4 Å². The second kappa shape index (κ2) is 9.15.